The first-order valence-electron chi connectivity index (χ1n) is 11.9. The Morgan fingerprint density at radius 2 is 1.49 bits per heavy atom. The van der Waals surface area contributed by atoms with Crippen molar-refractivity contribution in [1.82, 2.24) is 9.88 Å². The number of nitrogens with zero attached hydrogens (tertiary/aromatic N) is 2. The predicted molar refractivity (Wildman–Crippen MR) is 142 cm³/mol. The van der Waals surface area contributed by atoms with Crippen LogP contribution in [0.5, 0.6) is 0 Å². The van der Waals surface area contributed by atoms with Crippen molar-refractivity contribution in [3.63, 3.8) is 0 Å². The van der Waals surface area contributed by atoms with Gasteiger partial charge in [-0.1, -0.05) is 103 Å². The molecule has 1 unspecified atom stereocenters. The van der Waals surface area contributed by atoms with E-state index in [1.54, 1.807) is 13.1 Å². The van der Waals surface area contributed by atoms with Crippen LogP contribution in [-0.2, 0) is 10.3 Å². The molecule has 0 spiro atoms. The zero-order valence-corrected chi connectivity index (χ0v) is 20.5. The Bertz CT molecular complexity index is 1180. The molecule has 1 aliphatic heterocycles. The standard InChI is InChI=1S/C30H28N2O2S/c1-23(33)35-29-17-18-32(21-24(29)19-28-20-31-22-34-28)30(25-11-5-2-6-12-25,26-13-7-3-8-14-26)27-15-9-4-10-16-27/h2-16,19-20,22,29H,17-18,21H2,1H3/b24-19-. The third-order valence-corrected chi connectivity index (χ3v) is 7.74. The van der Waals surface area contributed by atoms with Gasteiger partial charge in [0.05, 0.1) is 11.7 Å². The maximum atomic E-state index is 12.1. The number of carbonyl (C=O) groups is 1. The van der Waals surface area contributed by atoms with Crippen LogP contribution in [0.1, 0.15) is 35.8 Å². The van der Waals surface area contributed by atoms with Crippen molar-refractivity contribution in [2.75, 3.05) is 13.1 Å². The molecule has 4 aromatic rings. The van der Waals surface area contributed by atoms with Gasteiger partial charge in [-0.25, -0.2) is 4.98 Å². The monoisotopic (exact) mass is 480 g/mol. The lowest BCUT2D eigenvalue weighted by molar-refractivity contribution is -0.109. The van der Waals surface area contributed by atoms with Crippen molar-refractivity contribution in [3.8, 4) is 0 Å². The summed E-state index contributed by atoms with van der Waals surface area (Å²) in [6, 6.07) is 32.2. The van der Waals surface area contributed by atoms with Gasteiger partial charge < -0.3 is 4.42 Å². The average molecular weight is 481 g/mol. The van der Waals surface area contributed by atoms with Crippen molar-refractivity contribution in [2.45, 2.75) is 24.1 Å². The van der Waals surface area contributed by atoms with E-state index in [1.165, 1.54) is 40.4 Å². The van der Waals surface area contributed by atoms with Crippen LogP contribution >= 0.6 is 11.8 Å². The van der Waals surface area contributed by atoms with E-state index in [0.29, 0.717) is 12.3 Å². The van der Waals surface area contributed by atoms with E-state index in [9.17, 15) is 4.79 Å². The van der Waals surface area contributed by atoms with Gasteiger partial charge in [-0.15, -0.1) is 0 Å². The number of carbonyl (C=O) groups excluding carboxylic acids is 1. The molecule has 176 valence electrons. The summed E-state index contributed by atoms with van der Waals surface area (Å²) in [7, 11) is 0. The molecule has 5 heteroatoms. The summed E-state index contributed by atoms with van der Waals surface area (Å²) in [4.78, 5) is 18.7. The third-order valence-electron chi connectivity index (χ3n) is 6.58. The van der Waals surface area contributed by atoms with Crippen molar-refractivity contribution >= 4 is 23.0 Å². The van der Waals surface area contributed by atoms with Crippen molar-refractivity contribution in [2.24, 2.45) is 0 Å². The quantitative estimate of drug-likeness (QED) is 0.299. The Kier molecular flexibility index (Phi) is 6.98. The number of oxazole rings is 1. The van der Waals surface area contributed by atoms with Gasteiger partial charge in [0, 0.05) is 25.3 Å². The summed E-state index contributed by atoms with van der Waals surface area (Å²) in [5.74, 6) is 0.709. The number of hydrogen-bond donors (Lipinski definition) is 0. The SMILES string of the molecule is CC(=O)SC1CCN(C(c2ccccc2)(c2ccccc2)c2ccccc2)C/C1=C/c1cnco1. The summed E-state index contributed by atoms with van der Waals surface area (Å²) >= 11 is 1.41. The van der Waals surface area contributed by atoms with Gasteiger partial charge in [-0.05, 0) is 34.8 Å². The van der Waals surface area contributed by atoms with Gasteiger partial charge in [0.1, 0.15) is 5.76 Å². The topological polar surface area (TPSA) is 46.3 Å². The molecule has 4 nitrogen and oxygen atoms in total. The van der Waals surface area contributed by atoms with E-state index in [0.717, 1.165) is 13.0 Å². The molecular weight excluding hydrogens is 452 g/mol. The summed E-state index contributed by atoms with van der Waals surface area (Å²) < 4.78 is 5.56. The van der Waals surface area contributed by atoms with Gasteiger partial charge >= 0.3 is 0 Å². The van der Waals surface area contributed by atoms with Crippen LogP contribution in [0, 0.1) is 0 Å². The number of rotatable bonds is 6. The molecule has 0 radical (unpaired) electrons. The molecule has 0 N–H and O–H groups in total. The second-order valence-electron chi connectivity index (χ2n) is 8.74. The second-order valence-corrected chi connectivity index (χ2v) is 10.1. The first kappa shape index (κ1) is 23.3. The number of likely N-dealkylation sites (tertiary alicyclic amines) is 1. The molecule has 0 bridgehead atoms. The maximum absolute atomic E-state index is 12.1. The van der Waals surface area contributed by atoms with Gasteiger partial charge in [0.25, 0.3) is 0 Å². The largest absolute Gasteiger partial charge is 0.444 e. The zero-order chi connectivity index (χ0) is 24.1. The number of benzene rings is 3. The molecule has 5 rings (SSSR count). The lowest BCUT2D eigenvalue weighted by Gasteiger charge is -2.49. The summed E-state index contributed by atoms with van der Waals surface area (Å²) in [5.41, 5.74) is 4.33. The molecular formula is C30H28N2O2S. The van der Waals surface area contributed by atoms with Crippen molar-refractivity contribution in [3.05, 3.63) is 132 Å². The zero-order valence-electron chi connectivity index (χ0n) is 19.7. The van der Waals surface area contributed by atoms with E-state index in [-0.39, 0.29) is 10.4 Å². The average Bonchev–Trinajstić information content (AvgIpc) is 3.41. The second kappa shape index (κ2) is 10.5. The summed E-state index contributed by atoms with van der Waals surface area (Å²) in [5, 5.41) is 0.237. The Balaban J connectivity index is 1.69. The summed E-state index contributed by atoms with van der Waals surface area (Å²) in [6.07, 6.45) is 6.09. The smallest absolute Gasteiger partial charge is 0.186 e. The van der Waals surface area contributed by atoms with Crippen LogP contribution in [0.2, 0.25) is 0 Å². The minimum Gasteiger partial charge on any atom is -0.444 e. The highest BCUT2D eigenvalue weighted by molar-refractivity contribution is 8.14. The molecule has 1 aromatic heterocycles. The lowest BCUT2D eigenvalue weighted by Crippen LogP contribution is -2.52. The highest BCUT2D eigenvalue weighted by atomic mass is 32.2. The van der Waals surface area contributed by atoms with Gasteiger partial charge in [0.2, 0.25) is 0 Å². The number of hydrogen-bond acceptors (Lipinski definition) is 5. The van der Waals surface area contributed by atoms with E-state index < -0.39 is 5.54 Å². The normalized spacial score (nSPS) is 18.0. The summed E-state index contributed by atoms with van der Waals surface area (Å²) in [6.45, 7) is 3.19. The lowest BCUT2D eigenvalue weighted by atomic mass is 9.74. The van der Waals surface area contributed by atoms with Crippen LogP contribution in [0.25, 0.3) is 6.08 Å². The maximum Gasteiger partial charge on any atom is 0.186 e. The Labute approximate surface area is 210 Å². The molecule has 1 saturated heterocycles. The fourth-order valence-corrected chi connectivity index (χ4v) is 6.10. The Morgan fingerprint density at radius 1 is 0.943 bits per heavy atom. The number of piperidine rings is 1. The third kappa shape index (κ3) is 4.75. The van der Waals surface area contributed by atoms with Crippen LogP contribution in [-0.4, -0.2) is 33.3 Å². The highest BCUT2D eigenvalue weighted by Crippen LogP contribution is 2.45. The first-order chi connectivity index (χ1) is 17.2. The molecule has 1 fully saturated rings. The van der Waals surface area contributed by atoms with Crippen LogP contribution in [0.3, 0.4) is 0 Å². The van der Waals surface area contributed by atoms with E-state index in [4.69, 9.17) is 4.42 Å². The fourth-order valence-electron chi connectivity index (χ4n) is 5.18. The van der Waals surface area contributed by atoms with Gasteiger partial charge in [-0.3, -0.25) is 9.69 Å². The Hall–Kier alpha value is -3.41. The molecule has 1 aliphatic rings. The van der Waals surface area contributed by atoms with E-state index >= 15 is 0 Å². The van der Waals surface area contributed by atoms with Crippen LogP contribution in [0.4, 0.5) is 0 Å². The van der Waals surface area contributed by atoms with Gasteiger partial charge in [0.15, 0.2) is 11.5 Å². The van der Waals surface area contributed by atoms with Crippen molar-refractivity contribution in [1.29, 1.82) is 0 Å². The number of aromatic nitrogens is 1. The van der Waals surface area contributed by atoms with Crippen molar-refractivity contribution < 1.29 is 9.21 Å². The molecule has 35 heavy (non-hydrogen) atoms. The van der Waals surface area contributed by atoms with E-state index in [1.807, 2.05) is 0 Å². The highest BCUT2D eigenvalue weighted by Gasteiger charge is 2.44. The minimum absolute atomic E-state index is 0.105. The first-order valence-corrected chi connectivity index (χ1v) is 12.7. The molecule has 0 aliphatic carbocycles. The molecule has 1 atom stereocenters. The molecule has 0 saturated carbocycles. The molecule has 0 amide bonds. The Morgan fingerprint density at radius 3 is 1.94 bits per heavy atom. The molecule has 2 heterocycles. The number of thioether (sulfide) groups is 1. The van der Waals surface area contributed by atoms with Crippen LogP contribution in [0.15, 0.2) is 114 Å². The predicted octanol–water partition coefficient (Wildman–Crippen LogP) is 6.40. The van der Waals surface area contributed by atoms with E-state index in [2.05, 4.69) is 107 Å². The minimum atomic E-state index is -0.490. The van der Waals surface area contributed by atoms with Crippen LogP contribution < -0.4 is 0 Å². The fraction of sp³-hybridized carbons (Fsp3) is 0.200. The van der Waals surface area contributed by atoms with Gasteiger partial charge in [-0.2, -0.15) is 0 Å². The molecule has 3 aromatic carbocycles.